The van der Waals surface area contributed by atoms with Crippen LogP contribution in [0.15, 0.2) is 6.08 Å². The van der Waals surface area contributed by atoms with E-state index in [9.17, 15) is 0 Å². The van der Waals surface area contributed by atoms with Crippen LogP contribution >= 0.6 is 0 Å². The molecule has 1 aliphatic rings. The first-order chi connectivity index (χ1) is 7.85. The fourth-order valence-electron chi connectivity index (χ4n) is 2.22. The molecule has 1 aromatic rings. The molecule has 1 heterocycles. The van der Waals surface area contributed by atoms with E-state index >= 15 is 0 Å². The lowest BCUT2D eigenvalue weighted by Gasteiger charge is -2.15. The van der Waals surface area contributed by atoms with Crippen LogP contribution in [0.1, 0.15) is 49.6 Å². The Morgan fingerprint density at radius 2 is 2.44 bits per heavy atom. The summed E-state index contributed by atoms with van der Waals surface area (Å²) in [5, 5.41) is 15.8. The molecule has 0 fully saturated rings. The highest BCUT2D eigenvalue weighted by molar-refractivity contribution is 5.60. The van der Waals surface area contributed by atoms with E-state index in [1.807, 2.05) is 0 Å². The average molecular weight is 215 g/mol. The maximum atomic E-state index is 8.86. The third-order valence-corrected chi connectivity index (χ3v) is 3.17. The number of H-pyrrole nitrogens is 1. The maximum absolute atomic E-state index is 8.86. The fraction of sp³-hybridized carbons (Fsp3) is 0.538. The largest absolute Gasteiger partial charge is 0.281 e. The third-order valence-electron chi connectivity index (χ3n) is 3.17. The first-order valence-corrected chi connectivity index (χ1v) is 6.00. The molecular weight excluding hydrogens is 198 g/mol. The van der Waals surface area contributed by atoms with Crippen LogP contribution in [-0.2, 0) is 6.42 Å². The number of fused-ring (bicyclic) bond motifs is 1. The molecule has 3 heteroatoms. The summed E-state index contributed by atoms with van der Waals surface area (Å²) in [6, 6.07) is 2.11. The second kappa shape index (κ2) is 4.98. The number of nitrogens with one attached hydrogen (secondary N) is 1. The van der Waals surface area contributed by atoms with Crippen molar-refractivity contribution in [2.45, 2.75) is 39.0 Å². The van der Waals surface area contributed by atoms with E-state index in [1.165, 1.54) is 25.7 Å². The summed E-state index contributed by atoms with van der Waals surface area (Å²) >= 11 is 0. The maximum Gasteiger partial charge on any atom is 0.169 e. The van der Waals surface area contributed by atoms with Crippen LogP contribution in [0.2, 0.25) is 0 Å². The average Bonchev–Trinajstić information content (AvgIpc) is 2.71. The minimum Gasteiger partial charge on any atom is -0.281 e. The van der Waals surface area contributed by atoms with Crippen molar-refractivity contribution in [3.05, 3.63) is 23.0 Å². The van der Waals surface area contributed by atoms with Gasteiger partial charge in [-0.3, -0.25) is 5.10 Å². The Labute approximate surface area is 96.2 Å². The van der Waals surface area contributed by atoms with E-state index in [0.717, 1.165) is 17.7 Å². The molecule has 0 aromatic carbocycles. The van der Waals surface area contributed by atoms with Crippen LogP contribution in [0.4, 0.5) is 0 Å². The van der Waals surface area contributed by atoms with E-state index < -0.39 is 0 Å². The lowest BCUT2D eigenvalue weighted by Crippen LogP contribution is -2.07. The van der Waals surface area contributed by atoms with E-state index in [-0.39, 0.29) is 0 Å². The van der Waals surface area contributed by atoms with Crippen LogP contribution < -0.4 is 0 Å². The summed E-state index contributed by atoms with van der Waals surface area (Å²) in [6.07, 6.45) is 10.4. The molecule has 1 atom stereocenters. The van der Waals surface area contributed by atoms with Gasteiger partial charge in [0.2, 0.25) is 0 Å². The van der Waals surface area contributed by atoms with Gasteiger partial charge in [-0.05, 0) is 18.8 Å². The number of aromatic amines is 1. The number of unbranched alkanes of at least 4 members (excludes halogenated alkanes) is 2. The zero-order valence-corrected chi connectivity index (χ0v) is 9.66. The van der Waals surface area contributed by atoms with Gasteiger partial charge in [0, 0.05) is 11.3 Å². The zero-order valence-electron chi connectivity index (χ0n) is 9.66. The van der Waals surface area contributed by atoms with Crippen molar-refractivity contribution in [3.8, 4) is 6.07 Å². The predicted molar refractivity (Wildman–Crippen MR) is 63.7 cm³/mol. The van der Waals surface area contributed by atoms with Crippen LogP contribution in [0.5, 0.6) is 0 Å². The van der Waals surface area contributed by atoms with Crippen LogP contribution in [0.25, 0.3) is 6.08 Å². The van der Waals surface area contributed by atoms with E-state index in [1.54, 1.807) is 0 Å². The Kier molecular flexibility index (Phi) is 3.40. The molecule has 0 saturated carbocycles. The normalized spacial score (nSPS) is 18.1. The standard InChI is InChI=1S/C13H17N3/c1-2-3-4-5-10-6-7-11-12(8-10)15-16-13(11)9-14/h6-7,10H,2-5,8H2,1H3,(H,15,16). The Morgan fingerprint density at radius 3 is 3.19 bits per heavy atom. The summed E-state index contributed by atoms with van der Waals surface area (Å²) in [5.74, 6) is 0.617. The number of hydrogen-bond acceptors (Lipinski definition) is 2. The molecule has 84 valence electrons. The van der Waals surface area contributed by atoms with Gasteiger partial charge in [0.1, 0.15) is 6.07 Å². The lowest BCUT2D eigenvalue weighted by molar-refractivity contribution is 0.530. The Hall–Kier alpha value is -1.56. The van der Waals surface area contributed by atoms with Gasteiger partial charge in [0.15, 0.2) is 5.69 Å². The first kappa shape index (κ1) is 10.9. The van der Waals surface area contributed by atoms with Gasteiger partial charge in [-0.15, -0.1) is 0 Å². The van der Waals surface area contributed by atoms with Crippen molar-refractivity contribution >= 4 is 6.08 Å². The quantitative estimate of drug-likeness (QED) is 0.785. The summed E-state index contributed by atoms with van der Waals surface area (Å²) < 4.78 is 0. The number of allylic oxidation sites excluding steroid dienone is 1. The molecule has 1 N–H and O–H groups in total. The lowest BCUT2D eigenvalue weighted by atomic mass is 9.89. The Bertz CT molecular complexity index is 423. The SMILES string of the molecule is CCCCCC1C=Cc2c(C#N)n[nH]c2C1. The molecule has 3 nitrogen and oxygen atoms in total. The minimum absolute atomic E-state index is 0.526. The van der Waals surface area contributed by atoms with Crippen molar-refractivity contribution in [1.82, 2.24) is 10.2 Å². The predicted octanol–water partition coefficient (Wildman–Crippen LogP) is 3.05. The highest BCUT2D eigenvalue weighted by Crippen LogP contribution is 2.26. The summed E-state index contributed by atoms with van der Waals surface area (Å²) in [7, 11) is 0. The smallest absolute Gasteiger partial charge is 0.169 e. The Morgan fingerprint density at radius 1 is 1.56 bits per heavy atom. The van der Waals surface area contributed by atoms with Crippen molar-refractivity contribution in [2.75, 3.05) is 0 Å². The van der Waals surface area contributed by atoms with Gasteiger partial charge in [0.25, 0.3) is 0 Å². The second-order valence-electron chi connectivity index (χ2n) is 4.40. The van der Waals surface area contributed by atoms with Crippen LogP contribution in [0, 0.1) is 17.2 Å². The van der Waals surface area contributed by atoms with Gasteiger partial charge in [0.05, 0.1) is 0 Å². The summed E-state index contributed by atoms with van der Waals surface area (Å²) in [6.45, 7) is 2.23. The van der Waals surface area contributed by atoms with Gasteiger partial charge < -0.3 is 0 Å². The van der Waals surface area contributed by atoms with Crippen molar-refractivity contribution in [1.29, 1.82) is 5.26 Å². The number of aromatic nitrogens is 2. The monoisotopic (exact) mass is 215 g/mol. The van der Waals surface area contributed by atoms with Gasteiger partial charge in [-0.2, -0.15) is 10.4 Å². The van der Waals surface area contributed by atoms with Crippen molar-refractivity contribution < 1.29 is 0 Å². The molecule has 0 spiro atoms. The zero-order chi connectivity index (χ0) is 11.4. The molecular formula is C13H17N3. The highest BCUT2D eigenvalue weighted by atomic mass is 15.1. The number of nitrogens with zero attached hydrogens (tertiary/aromatic N) is 2. The van der Waals surface area contributed by atoms with E-state index in [0.29, 0.717) is 11.6 Å². The van der Waals surface area contributed by atoms with Gasteiger partial charge >= 0.3 is 0 Å². The Balaban J connectivity index is 2.00. The van der Waals surface area contributed by atoms with Gasteiger partial charge in [-0.25, -0.2) is 0 Å². The number of hydrogen-bond donors (Lipinski definition) is 1. The molecule has 0 radical (unpaired) electrons. The van der Waals surface area contributed by atoms with Gasteiger partial charge in [-0.1, -0.05) is 38.3 Å². The van der Waals surface area contributed by atoms with E-state index in [4.69, 9.17) is 5.26 Å². The van der Waals surface area contributed by atoms with Crippen molar-refractivity contribution in [2.24, 2.45) is 5.92 Å². The summed E-state index contributed by atoms with van der Waals surface area (Å²) in [4.78, 5) is 0. The molecule has 1 aromatic heterocycles. The molecule has 16 heavy (non-hydrogen) atoms. The minimum atomic E-state index is 0.526. The fourth-order valence-corrected chi connectivity index (χ4v) is 2.22. The van der Waals surface area contributed by atoms with E-state index in [2.05, 4.69) is 35.3 Å². The topological polar surface area (TPSA) is 52.5 Å². The molecule has 2 rings (SSSR count). The molecule has 0 bridgehead atoms. The van der Waals surface area contributed by atoms with Crippen molar-refractivity contribution in [3.63, 3.8) is 0 Å². The van der Waals surface area contributed by atoms with Crippen LogP contribution in [0.3, 0.4) is 0 Å². The molecule has 0 amide bonds. The molecule has 0 saturated heterocycles. The molecule has 0 aliphatic heterocycles. The summed E-state index contributed by atoms with van der Waals surface area (Å²) in [5.41, 5.74) is 2.65. The third kappa shape index (κ3) is 2.16. The van der Waals surface area contributed by atoms with Crippen LogP contribution in [-0.4, -0.2) is 10.2 Å². The molecule has 1 unspecified atom stereocenters. The molecule has 1 aliphatic carbocycles. The number of nitriles is 1. The highest BCUT2D eigenvalue weighted by Gasteiger charge is 2.18. The second-order valence-corrected chi connectivity index (χ2v) is 4.40. The number of rotatable bonds is 4. The first-order valence-electron chi connectivity index (χ1n) is 6.00.